The summed E-state index contributed by atoms with van der Waals surface area (Å²) in [4.78, 5) is 33.9. The number of fused-ring (bicyclic) bond motifs is 1. The second-order valence-electron chi connectivity index (χ2n) is 5.85. The molecule has 3 heterocycles. The third-order valence-electron chi connectivity index (χ3n) is 4.25. The maximum Gasteiger partial charge on any atom is 0.293 e. The number of nitrogens with zero attached hydrogens (tertiary/aromatic N) is 3. The third kappa shape index (κ3) is 4.08. The average Bonchev–Trinajstić information content (AvgIpc) is 3.24. The molecule has 3 rings (SSSR count). The van der Waals surface area contributed by atoms with Gasteiger partial charge in [0.05, 0.1) is 18.5 Å². The second-order valence-corrected chi connectivity index (χ2v) is 6.93. The van der Waals surface area contributed by atoms with Gasteiger partial charge in [0.25, 0.3) is 5.91 Å². The molecule has 1 aliphatic heterocycles. The number of anilines is 1. The van der Waals surface area contributed by atoms with Gasteiger partial charge in [0.1, 0.15) is 0 Å². The number of carbonyl (C=O) groups excluding carboxylic acids is 2. The first-order valence-corrected chi connectivity index (χ1v) is 9.25. The van der Waals surface area contributed by atoms with Crippen LogP contribution < -0.4 is 5.32 Å². The first kappa shape index (κ1) is 17.6. The standard InChI is InChI=1S/C17H22N4O3S/c1-3-21(4-2)15(22)11-20-8-7-12-14(10-20)25-17(18-12)19-16(23)13-6-5-9-24-13/h5-6,9H,3-4,7-8,10-11H2,1-2H3,(H,18,19,23). The first-order valence-electron chi connectivity index (χ1n) is 8.44. The van der Waals surface area contributed by atoms with Crippen molar-refractivity contribution in [3.8, 4) is 0 Å². The summed E-state index contributed by atoms with van der Waals surface area (Å²) >= 11 is 1.46. The van der Waals surface area contributed by atoms with E-state index in [2.05, 4.69) is 15.2 Å². The van der Waals surface area contributed by atoms with Crippen LogP contribution in [0.15, 0.2) is 22.8 Å². The molecule has 0 aliphatic carbocycles. The van der Waals surface area contributed by atoms with E-state index >= 15 is 0 Å². The normalized spacial score (nSPS) is 14.2. The number of carbonyl (C=O) groups is 2. The molecule has 0 saturated carbocycles. The molecular formula is C17H22N4O3S. The van der Waals surface area contributed by atoms with E-state index in [0.717, 1.165) is 36.6 Å². The van der Waals surface area contributed by atoms with Crippen molar-refractivity contribution in [1.82, 2.24) is 14.8 Å². The van der Waals surface area contributed by atoms with Crippen LogP contribution in [0.3, 0.4) is 0 Å². The number of rotatable bonds is 6. The Hall–Kier alpha value is -2.19. The highest BCUT2D eigenvalue weighted by Gasteiger charge is 2.24. The van der Waals surface area contributed by atoms with Crippen LogP contribution in [0.5, 0.6) is 0 Å². The highest BCUT2D eigenvalue weighted by molar-refractivity contribution is 7.15. The molecule has 0 saturated heterocycles. The van der Waals surface area contributed by atoms with E-state index in [0.29, 0.717) is 18.2 Å². The fourth-order valence-corrected chi connectivity index (χ4v) is 3.92. The Kier molecular flexibility index (Phi) is 5.50. The number of nitrogens with one attached hydrogen (secondary N) is 1. The van der Waals surface area contributed by atoms with Gasteiger partial charge in [0.2, 0.25) is 5.91 Å². The van der Waals surface area contributed by atoms with Gasteiger partial charge in [0.15, 0.2) is 10.9 Å². The molecule has 0 atom stereocenters. The molecule has 0 unspecified atom stereocenters. The number of furan rings is 1. The van der Waals surface area contributed by atoms with Crippen molar-refractivity contribution in [1.29, 1.82) is 0 Å². The van der Waals surface area contributed by atoms with Gasteiger partial charge in [-0.05, 0) is 26.0 Å². The van der Waals surface area contributed by atoms with Crippen LogP contribution in [-0.2, 0) is 17.8 Å². The minimum absolute atomic E-state index is 0.157. The lowest BCUT2D eigenvalue weighted by Crippen LogP contribution is -2.41. The summed E-state index contributed by atoms with van der Waals surface area (Å²) in [7, 11) is 0. The van der Waals surface area contributed by atoms with Crippen LogP contribution >= 0.6 is 11.3 Å². The maximum atomic E-state index is 12.3. The topological polar surface area (TPSA) is 78.7 Å². The predicted molar refractivity (Wildman–Crippen MR) is 95.7 cm³/mol. The van der Waals surface area contributed by atoms with Gasteiger partial charge < -0.3 is 9.32 Å². The smallest absolute Gasteiger partial charge is 0.293 e. The third-order valence-corrected chi connectivity index (χ3v) is 5.25. The van der Waals surface area contributed by atoms with Gasteiger partial charge >= 0.3 is 0 Å². The molecule has 2 amide bonds. The van der Waals surface area contributed by atoms with Gasteiger partial charge in [-0.3, -0.25) is 19.8 Å². The number of hydrogen-bond acceptors (Lipinski definition) is 6. The molecule has 1 aliphatic rings. The monoisotopic (exact) mass is 362 g/mol. The van der Waals surface area contributed by atoms with Gasteiger partial charge in [0, 0.05) is 37.5 Å². The summed E-state index contributed by atoms with van der Waals surface area (Å²) in [5.74, 6) is 0.119. The molecule has 0 spiro atoms. The Morgan fingerprint density at radius 2 is 2.20 bits per heavy atom. The second kappa shape index (κ2) is 7.79. The van der Waals surface area contributed by atoms with Crippen LogP contribution in [0, 0.1) is 0 Å². The predicted octanol–water partition coefficient (Wildman–Crippen LogP) is 2.21. The summed E-state index contributed by atoms with van der Waals surface area (Å²) in [6.07, 6.45) is 2.25. The van der Waals surface area contributed by atoms with Gasteiger partial charge in [-0.15, -0.1) is 11.3 Å². The largest absolute Gasteiger partial charge is 0.459 e. The van der Waals surface area contributed by atoms with Crippen LogP contribution in [-0.4, -0.2) is 52.8 Å². The first-order chi connectivity index (χ1) is 12.1. The molecule has 25 heavy (non-hydrogen) atoms. The molecule has 0 aromatic carbocycles. The SMILES string of the molecule is CCN(CC)C(=O)CN1CCc2nc(NC(=O)c3ccco3)sc2C1. The van der Waals surface area contributed by atoms with Gasteiger partial charge in [-0.2, -0.15) is 0 Å². The van der Waals surface area contributed by atoms with E-state index < -0.39 is 0 Å². The molecule has 0 radical (unpaired) electrons. The van der Waals surface area contributed by atoms with Crippen molar-refractivity contribution in [2.24, 2.45) is 0 Å². The Bertz CT molecular complexity index is 737. The number of hydrogen-bond donors (Lipinski definition) is 1. The summed E-state index contributed by atoms with van der Waals surface area (Å²) < 4.78 is 5.09. The number of thiazole rings is 1. The molecule has 0 bridgehead atoms. The van der Waals surface area contributed by atoms with Crippen molar-refractivity contribution in [3.05, 3.63) is 34.7 Å². The van der Waals surface area contributed by atoms with Crippen molar-refractivity contribution in [2.75, 3.05) is 31.5 Å². The van der Waals surface area contributed by atoms with Crippen LogP contribution in [0.1, 0.15) is 35.0 Å². The fraction of sp³-hybridized carbons (Fsp3) is 0.471. The minimum atomic E-state index is -0.301. The molecule has 134 valence electrons. The van der Waals surface area contributed by atoms with E-state index in [4.69, 9.17) is 4.42 Å². The van der Waals surface area contributed by atoms with E-state index in [1.165, 1.54) is 17.6 Å². The maximum absolute atomic E-state index is 12.3. The average molecular weight is 362 g/mol. The van der Waals surface area contributed by atoms with E-state index in [1.54, 1.807) is 12.1 Å². The Morgan fingerprint density at radius 1 is 1.40 bits per heavy atom. The quantitative estimate of drug-likeness (QED) is 0.852. The lowest BCUT2D eigenvalue weighted by Gasteiger charge is -2.28. The summed E-state index contributed by atoms with van der Waals surface area (Å²) in [6, 6.07) is 3.29. The molecule has 0 fully saturated rings. The Morgan fingerprint density at radius 3 is 2.88 bits per heavy atom. The Balaban J connectivity index is 1.61. The zero-order chi connectivity index (χ0) is 17.8. The van der Waals surface area contributed by atoms with Crippen molar-refractivity contribution in [3.63, 3.8) is 0 Å². The highest BCUT2D eigenvalue weighted by Crippen LogP contribution is 2.28. The van der Waals surface area contributed by atoms with Gasteiger partial charge in [-0.1, -0.05) is 0 Å². The molecule has 1 N–H and O–H groups in total. The highest BCUT2D eigenvalue weighted by atomic mass is 32.1. The van der Waals surface area contributed by atoms with Crippen molar-refractivity contribution >= 4 is 28.3 Å². The Labute approximate surface area is 150 Å². The van der Waals surface area contributed by atoms with Crippen LogP contribution in [0.4, 0.5) is 5.13 Å². The van der Waals surface area contributed by atoms with Crippen LogP contribution in [0.25, 0.3) is 0 Å². The minimum Gasteiger partial charge on any atom is -0.459 e. The van der Waals surface area contributed by atoms with Crippen LogP contribution in [0.2, 0.25) is 0 Å². The summed E-state index contributed by atoms with van der Waals surface area (Å²) in [5, 5.41) is 3.35. The van der Waals surface area contributed by atoms with E-state index in [9.17, 15) is 9.59 Å². The zero-order valence-electron chi connectivity index (χ0n) is 14.4. The van der Waals surface area contributed by atoms with E-state index in [-0.39, 0.29) is 17.6 Å². The summed E-state index contributed by atoms with van der Waals surface area (Å²) in [6.45, 7) is 7.37. The number of aromatic nitrogens is 1. The molecule has 2 aromatic rings. The lowest BCUT2D eigenvalue weighted by atomic mass is 10.2. The fourth-order valence-electron chi connectivity index (χ4n) is 2.87. The van der Waals surface area contributed by atoms with Gasteiger partial charge in [-0.25, -0.2) is 4.98 Å². The number of likely N-dealkylation sites (N-methyl/N-ethyl adjacent to an activating group) is 1. The molecule has 7 nitrogen and oxygen atoms in total. The van der Waals surface area contributed by atoms with Crippen molar-refractivity contribution < 1.29 is 14.0 Å². The van der Waals surface area contributed by atoms with Crippen molar-refractivity contribution in [2.45, 2.75) is 26.8 Å². The van der Waals surface area contributed by atoms with E-state index in [1.807, 2.05) is 18.7 Å². The number of amides is 2. The molecule has 8 heteroatoms. The molecule has 2 aromatic heterocycles. The summed E-state index contributed by atoms with van der Waals surface area (Å²) in [5.41, 5.74) is 1.01. The zero-order valence-corrected chi connectivity index (χ0v) is 15.3. The lowest BCUT2D eigenvalue weighted by molar-refractivity contribution is -0.132. The molecular weight excluding hydrogens is 340 g/mol.